The molecule has 0 N–H and O–H groups in total. The van der Waals surface area contributed by atoms with Crippen molar-refractivity contribution in [2.24, 2.45) is 20.0 Å². The van der Waals surface area contributed by atoms with Gasteiger partial charge in [-0.25, -0.2) is 0 Å². The first-order valence-electron chi connectivity index (χ1n) is 27.7. The first-order valence-corrected chi connectivity index (χ1v) is 27.7. The minimum absolute atomic E-state index is 0. The van der Waals surface area contributed by atoms with E-state index in [-0.39, 0.29) is 156 Å². The van der Waals surface area contributed by atoms with E-state index in [0.717, 1.165) is 12.8 Å². The van der Waals surface area contributed by atoms with Crippen molar-refractivity contribution in [3.63, 3.8) is 0 Å². The monoisotopic (exact) mass is 1730 g/mol. The van der Waals surface area contributed by atoms with Crippen LogP contribution in [0.25, 0.3) is 0 Å². The number of carbonyl (C=O) groups is 2. The summed E-state index contributed by atoms with van der Waals surface area (Å²) in [4.78, 5) is 54.4. The number of ether oxygens (including phenoxy) is 4. The Labute approximate surface area is 648 Å². The number of amides is 2. The molecule has 0 spiro atoms. The van der Waals surface area contributed by atoms with Crippen LogP contribution in [0.5, 0.6) is 69.0 Å². The van der Waals surface area contributed by atoms with Crippen LogP contribution in [0.3, 0.4) is 0 Å². The summed E-state index contributed by atoms with van der Waals surface area (Å²) >= 11 is 0. The van der Waals surface area contributed by atoms with Gasteiger partial charge in [-0.15, -0.1) is 0 Å². The van der Waals surface area contributed by atoms with Crippen molar-refractivity contribution in [3.05, 3.63) is 223 Å². The van der Waals surface area contributed by atoms with Gasteiger partial charge in [-0.3, -0.25) is 29.6 Å². The van der Waals surface area contributed by atoms with Gasteiger partial charge in [-0.1, -0.05) is 167 Å². The number of benzene rings is 8. The SMILES string of the molecule is CCOc1cccc(C=Nc2ccccc2[O-])c1[O-].CCOc1cccc(C=Nc2ccccc2[O-])c1[O-].CCOc1cccc(C=Nc2ccccc2[O-])c1[O-].CCOc1cccc(C=Nc2ccccc2[O-])c1[O-].CN(C)C=O.CN(C)C=O.O=[N+]([O-])[O-].O=[N+]([O-])[O-].[Dy+3].[Dy].[Mn+2].[Mn+3]. The van der Waals surface area contributed by atoms with Crippen molar-refractivity contribution >= 4 is 60.4 Å². The van der Waals surface area contributed by atoms with E-state index in [9.17, 15) is 50.4 Å². The molecule has 2 amide bonds. The Bertz CT molecular complexity index is 3260. The van der Waals surface area contributed by atoms with Crippen molar-refractivity contribution in [1.82, 2.24) is 9.80 Å². The van der Waals surface area contributed by atoms with E-state index in [1.54, 1.807) is 174 Å². The summed E-state index contributed by atoms with van der Waals surface area (Å²) in [6, 6.07) is 45.6. The van der Waals surface area contributed by atoms with Crippen LogP contribution in [0.15, 0.2) is 190 Å². The van der Waals surface area contributed by atoms with Gasteiger partial charge in [0, 0.05) is 91.2 Å². The van der Waals surface area contributed by atoms with E-state index in [4.69, 9.17) is 49.6 Å². The van der Waals surface area contributed by atoms with Gasteiger partial charge >= 0.3 is 72.3 Å². The molecule has 0 bridgehead atoms. The third-order valence-corrected chi connectivity index (χ3v) is 10.5. The predicted octanol–water partition coefficient (Wildman–Crippen LogP) is 6.86. The molecule has 0 saturated heterocycles. The molecule has 0 aliphatic rings. The molecule has 526 valence electrons. The van der Waals surface area contributed by atoms with E-state index in [1.165, 1.54) is 58.9 Å². The van der Waals surface area contributed by atoms with Crippen molar-refractivity contribution in [2.45, 2.75) is 27.7 Å². The van der Waals surface area contributed by atoms with Gasteiger partial charge in [0.2, 0.25) is 12.8 Å². The maximum absolute atomic E-state index is 12.0. The molecule has 8 rings (SSSR count). The maximum atomic E-state index is 12.0. The van der Waals surface area contributed by atoms with Gasteiger partial charge in [0.25, 0.3) is 0 Å². The van der Waals surface area contributed by atoms with Gasteiger partial charge < -0.3 is 100 Å². The number of nitrogens with zero attached hydrogens (tertiary/aromatic N) is 8. The van der Waals surface area contributed by atoms with Gasteiger partial charge in [0.05, 0.1) is 59.4 Å². The molecule has 0 aliphatic carbocycles. The zero-order valence-electron chi connectivity index (χ0n) is 53.6. The Balaban J connectivity index is -0.000000546. The smallest absolute Gasteiger partial charge is 0.871 e. The molecule has 8 aromatic carbocycles. The van der Waals surface area contributed by atoms with Crippen molar-refractivity contribution in [2.75, 3.05) is 54.6 Å². The summed E-state index contributed by atoms with van der Waals surface area (Å²) in [5.74, 6) is -0.424. The van der Waals surface area contributed by atoms with Gasteiger partial charge in [-0.05, 0) is 98.5 Å². The molecule has 0 aromatic heterocycles. The fraction of sp³-hybridized carbons (Fsp3) is 0.182. The average Bonchev–Trinajstić information content (AvgIpc) is 0.895. The van der Waals surface area contributed by atoms with Crippen LogP contribution >= 0.6 is 0 Å². The normalized spacial score (nSPS) is 9.55. The van der Waals surface area contributed by atoms with Gasteiger partial charge in [0.1, 0.15) is 23.0 Å². The summed E-state index contributed by atoms with van der Waals surface area (Å²) in [6.07, 6.45) is 7.06. The van der Waals surface area contributed by atoms with Crippen molar-refractivity contribution in [3.8, 4) is 69.0 Å². The summed E-state index contributed by atoms with van der Waals surface area (Å²) in [7, 11) is 6.75. The summed E-state index contributed by atoms with van der Waals surface area (Å²) in [6.45, 7) is 8.97. The predicted molar refractivity (Wildman–Crippen MR) is 341 cm³/mol. The second-order valence-corrected chi connectivity index (χ2v) is 17.9. The standard InChI is InChI=1S/4C15H15NO3.2C3H7NO.2Dy.2Mn.2NO3/c4*1-2-19-14-9-5-6-11(15(14)18)10-16-12-7-3-4-8-13(12)17;2*1-4(2)3-5;;;;;2*2-1(3)4/h4*3-10,17-18H,2H2,1H3;2*3H,1-2H3;;;;;;/q;;;;;;;+3;+2;+3;2*-1/p-8. The Kier molecular flexibility index (Phi) is 54.5. The second-order valence-electron chi connectivity index (χ2n) is 17.9. The van der Waals surface area contributed by atoms with Crippen molar-refractivity contribution < 1.29 is 190 Å². The van der Waals surface area contributed by atoms with Crippen LogP contribution in [-0.4, -0.2) is 112 Å². The first kappa shape index (κ1) is 95.4. The molecule has 32 heteroatoms. The fourth-order valence-corrected chi connectivity index (χ4v) is 6.43. The van der Waals surface area contributed by atoms with Crippen LogP contribution in [0, 0.1) is 107 Å². The molecule has 0 unspecified atom stereocenters. The third-order valence-electron chi connectivity index (χ3n) is 10.5. The number of hydrogen-bond donors (Lipinski definition) is 0. The molecule has 0 fully saturated rings. The maximum Gasteiger partial charge on any atom is 3.00 e. The zero-order chi connectivity index (χ0) is 70.4. The number of para-hydroxylation sites is 12. The third kappa shape index (κ3) is 39.9. The largest absolute Gasteiger partial charge is 3.00 e. The Morgan fingerprint density at radius 1 is 0.357 bits per heavy atom. The zero-order valence-corrected chi connectivity index (χ0v) is 60.0. The number of aliphatic imine (C=N–C) groups is 4. The van der Waals surface area contributed by atoms with E-state index in [2.05, 4.69) is 20.0 Å². The Morgan fingerprint density at radius 3 is 0.663 bits per heavy atom. The van der Waals surface area contributed by atoms with Crippen LogP contribution in [-0.2, 0) is 43.7 Å². The molecule has 0 heterocycles. The van der Waals surface area contributed by atoms with E-state index < -0.39 is 10.2 Å². The average molecular weight is 1730 g/mol. The van der Waals surface area contributed by atoms with Crippen LogP contribution < -0.4 is 59.8 Å². The first-order chi connectivity index (χ1) is 44.9. The quantitative estimate of drug-likeness (QED) is 0.0278. The molecular weight excluding hydrogens is 1660 g/mol. The van der Waals surface area contributed by atoms with Gasteiger partial charge in [-0.2, -0.15) is 0 Å². The Hall–Kier alpha value is -9.04. The minimum atomic E-state index is -1.75. The van der Waals surface area contributed by atoms with Crippen LogP contribution in [0.2, 0.25) is 0 Å². The summed E-state index contributed by atoms with van der Waals surface area (Å²) in [5.41, 5.74) is 2.83. The number of carbonyl (C=O) groups excluding carboxylic acids is 2. The fourth-order valence-electron chi connectivity index (χ4n) is 6.43. The minimum Gasteiger partial charge on any atom is -0.871 e. The molecule has 0 saturated carbocycles. The number of hydrogen-bond acceptors (Lipinski definition) is 24. The molecule has 0 aliphatic heterocycles. The second kappa shape index (κ2) is 56.0. The van der Waals surface area contributed by atoms with E-state index in [1.807, 2.05) is 27.7 Å². The van der Waals surface area contributed by atoms with Gasteiger partial charge in [0.15, 0.2) is 0 Å². The molecule has 2 radical (unpaired) electrons. The molecular formula is C66H66Dy2Mn2N8O20-2. The summed E-state index contributed by atoms with van der Waals surface area (Å²) in [5, 5.41) is 123. The molecule has 28 nitrogen and oxygen atoms in total. The van der Waals surface area contributed by atoms with Crippen LogP contribution in [0.1, 0.15) is 49.9 Å². The molecule has 98 heavy (non-hydrogen) atoms. The molecule has 8 aromatic rings. The van der Waals surface area contributed by atoms with E-state index >= 15 is 0 Å². The topological polar surface area (TPSA) is 444 Å². The van der Waals surface area contributed by atoms with Crippen molar-refractivity contribution in [1.29, 1.82) is 0 Å². The summed E-state index contributed by atoms with van der Waals surface area (Å²) < 4.78 is 20.9. The molecule has 0 atom stereocenters. The number of rotatable bonds is 18. The van der Waals surface area contributed by atoms with E-state index in [0.29, 0.717) is 94.4 Å². The Morgan fingerprint density at radius 2 is 0.520 bits per heavy atom. The van der Waals surface area contributed by atoms with Crippen LogP contribution in [0.4, 0.5) is 22.7 Å².